The maximum absolute atomic E-state index is 13.7. The van der Waals surface area contributed by atoms with Crippen LogP contribution in [0, 0.1) is 35.2 Å². The lowest BCUT2D eigenvalue weighted by molar-refractivity contribution is -0.137. The minimum Gasteiger partial charge on any atom is -0.381 e. The Kier molecular flexibility index (Phi) is 4.79. The number of nitrogens with two attached hydrogens (primary N) is 1. The molecule has 0 spiro atoms. The van der Waals surface area contributed by atoms with Gasteiger partial charge in [0.05, 0.1) is 12.2 Å². The quantitative estimate of drug-likeness (QED) is 0.809. The number of carbonyl (C=O) groups excluding carboxylic acids is 1. The summed E-state index contributed by atoms with van der Waals surface area (Å²) in [6, 6.07) is 2.81. The van der Waals surface area contributed by atoms with Crippen LogP contribution in [0.25, 0.3) is 0 Å². The van der Waals surface area contributed by atoms with Gasteiger partial charge in [0, 0.05) is 37.7 Å². The Bertz CT molecular complexity index is 1030. The minimum atomic E-state index is -0.673. The van der Waals surface area contributed by atoms with Crippen LogP contribution < -0.4 is 10.6 Å². The Morgan fingerprint density at radius 3 is 2.39 bits per heavy atom. The molecule has 10 heteroatoms. The van der Waals surface area contributed by atoms with Crippen LogP contribution in [0.5, 0.6) is 0 Å². The highest BCUT2D eigenvalue weighted by Gasteiger charge is 2.46. The first-order valence-electron chi connectivity index (χ1n) is 10.2. The van der Waals surface area contributed by atoms with E-state index in [1.54, 1.807) is 6.21 Å². The molecule has 2 N–H and O–H groups in total. The van der Waals surface area contributed by atoms with Gasteiger partial charge in [-0.05, 0) is 42.4 Å². The number of rotatable bonds is 3. The van der Waals surface area contributed by atoms with Crippen LogP contribution in [0.2, 0.25) is 0 Å². The number of hydrazone groups is 1. The molecule has 1 aromatic carbocycles. The van der Waals surface area contributed by atoms with E-state index in [4.69, 9.17) is 5.73 Å². The van der Waals surface area contributed by atoms with Crippen LogP contribution in [-0.4, -0.2) is 40.2 Å². The second-order valence-electron chi connectivity index (χ2n) is 8.43. The summed E-state index contributed by atoms with van der Waals surface area (Å²) >= 11 is 0. The van der Waals surface area contributed by atoms with Gasteiger partial charge in [0.25, 0.3) is 0 Å². The second-order valence-corrected chi connectivity index (χ2v) is 8.43. The van der Waals surface area contributed by atoms with Crippen LogP contribution in [0.1, 0.15) is 30.9 Å². The zero-order chi connectivity index (χ0) is 21.7. The fourth-order valence-electron chi connectivity index (χ4n) is 5.05. The third-order valence-corrected chi connectivity index (χ3v) is 6.47. The van der Waals surface area contributed by atoms with E-state index in [9.17, 15) is 18.0 Å². The van der Waals surface area contributed by atoms with Gasteiger partial charge in [-0.1, -0.05) is 0 Å². The average Bonchev–Trinajstić information content (AvgIpc) is 3.43. The summed E-state index contributed by atoms with van der Waals surface area (Å²) in [6.07, 6.45) is 4.48. The Morgan fingerprint density at radius 1 is 1.06 bits per heavy atom. The van der Waals surface area contributed by atoms with E-state index < -0.39 is 23.5 Å². The third kappa shape index (κ3) is 3.60. The van der Waals surface area contributed by atoms with E-state index >= 15 is 0 Å². The Morgan fingerprint density at radius 2 is 1.74 bits per heavy atom. The van der Waals surface area contributed by atoms with Gasteiger partial charge in [-0.2, -0.15) is 10.1 Å². The predicted molar refractivity (Wildman–Crippen MR) is 107 cm³/mol. The van der Waals surface area contributed by atoms with E-state index in [1.807, 2.05) is 4.90 Å². The van der Waals surface area contributed by atoms with Crippen molar-refractivity contribution in [2.45, 2.75) is 25.3 Å². The minimum absolute atomic E-state index is 0.119. The number of anilines is 2. The number of hydrogen-bond acceptors (Lipinski definition) is 6. The number of nitrogen functional groups attached to an aromatic ring is 1. The van der Waals surface area contributed by atoms with Crippen molar-refractivity contribution >= 4 is 23.9 Å². The molecule has 1 saturated heterocycles. The topological polar surface area (TPSA) is 87.7 Å². The molecule has 1 amide bonds. The van der Waals surface area contributed by atoms with E-state index in [0.29, 0.717) is 43.9 Å². The normalized spacial score (nSPS) is 27.2. The van der Waals surface area contributed by atoms with Gasteiger partial charge in [-0.15, -0.1) is 0 Å². The first-order chi connectivity index (χ1) is 14.9. The highest BCUT2D eigenvalue weighted by Crippen LogP contribution is 2.44. The van der Waals surface area contributed by atoms with Gasteiger partial charge < -0.3 is 10.6 Å². The second kappa shape index (κ2) is 7.51. The summed E-state index contributed by atoms with van der Waals surface area (Å²) in [4.78, 5) is 23.2. The highest BCUT2D eigenvalue weighted by molar-refractivity contribution is 5.82. The number of halogens is 3. The lowest BCUT2D eigenvalue weighted by atomic mass is 10.0. The standard InChI is InChI=1S/C21H21F3N6O/c22-15-5-11(6-16(23)7-15)18-1-2-27-30(18)20(31)12-3-13-9-29(10-14(13)4-12)21-26-8-17(24)19(25)28-21/h2,5-8,12-14,18H,1,3-4,9-10H2,(H2,25,26,28). The number of amides is 1. The van der Waals surface area contributed by atoms with Crippen molar-refractivity contribution < 1.29 is 18.0 Å². The number of fused-ring (bicyclic) bond motifs is 1. The maximum Gasteiger partial charge on any atom is 0.246 e. The monoisotopic (exact) mass is 430 g/mol. The largest absolute Gasteiger partial charge is 0.381 e. The number of carbonyl (C=O) groups is 1. The summed E-state index contributed by atoms with van der Waals surface area (Å²) in [5, 5.41) is 5.58. The number of hydrogen-bond donors (Lipinski definition) is 1. The molecule has 3 aliphatic rings. The van der Waals surface area contributed by atoms with E-state index in [1.165, 1.54) is 17.1 Å². The number of benzene rings is 1. The molecule has 2 aromatic rings. The SMILES string of the molecule is Nc1nc(N2CC3CC(C(=O)N4N=CCC4c4cc(F)cc(F)c4)CC3C2)ncc1F. The summed E-state index contributed by atoms with van der Waals surface area (Å²) in [6.45, 7) is 1.34. The van der Waals surface area contributed by atoms with E-state index in [0.717, 1.165) is 12.3 Å². The molecule has 1 aromatic heterocycles. The van der Waals surface area contributed by atoms with Crippen LogP contribution in [0.15, 0.2) is 29.5 Å². The fraction of sp³-hybridized carbons (Fsp3) is 0.429. The molecule has 2 fully saturated rings. The van der Waals surface area contributed by atoms with Crippen molar-refractivity contribution in [1.29, 1.82) is 0 Å². The van der Waals surface area contributed by atoms with E-state index in [2.05, 4.69) is 15.1 Å². The Balaban J connectivity index is 1.26. The fourth-order valence-corrected chi connectivity index (χ4v) is 5.05. The Labute approximate surface area is 176 Å². The zero-order valence-corrected chi connectivity index (χ0v) is 16.6. The zero-order valence-electron chi connectivity index (χ0n) is 16.6. The van der Waals surface area contributed by atoms with Gasteiger partial charge in [0.2, 0.25) is 11.9 Å². The maximum atomic E-state index is 13.7. The average molecular weight is 430 g/mol. The van der Waals surface area contributed by atoms with Gasteiger partial charge in [-0.3, -0.25) is 4.79 Å². The molecule has 1 aliphatic carbocycles. The predicted octanol–water partition coefficient (Wildman–Crippen LogP) is 2.90. The van der Waals surface area contributed by atoms with Crippen LogP contribution in [0.3, 0.4) is 0 Å². The van der Waals surface area contributed by atoms with Gasteiger partial charge >= 0.3 is 0 Å². The number of nitrogens with zero attached hydrogens (tertiary/aromatic N) is 5. The van der Waals surface area contributed by atoms with Gasteiger partial charge in [-0.25, -0.2) is 23.2 Å². The van der Waals surface area contributed by atoms with Crippen LogP contribution in [-0.2, 0) is 4.79 Å². The molecule has 0 bridgehead atoms. The molecule has 31 heavy (non-hydrogen) atoms. The summed E-state index contributed by atoms with van der Waals surface area (Å²) in [7, 11) is 0. The van der Waals surface area contributed by atoms with Gasteiger partial charge in [0.1, 0.15) is 11.6 Å². The van der Waals surface area contributed by atoms with Gasteiger partial charge in [0.15, 0.2) is 11.6 Å². The molecule has 3 heterocycles. The van der Waals surface area contributed by atoms with Crippen molar-refractivity contribution in [3.63, 3.8) is 0 Å². The molecule has 3 unspecified atom stereocenters. The molecule has 5 rings (SSSR count). The van der Waals surface area contributed by atoms with Crippen molar-refractivity contribution in [3.8, 4) is 0 Å². The van der Waals surface area contributed by atoms with Crippen molar-refractivity contribution in [3.05, 3.63) is 47.4 Å². The molecular formula is C21H21F3N6O. The molecule has 2 aliphatic heterocycles. The lowest BCUT2D eigenvalue weighted by Crippen LogP contribution is -2.33. The molecule has 1 saturated carbocycles. The van der Waals surface area contributed by atoms with Crippen molar-refractivity contribution in [1.82, 2.24) is 15.0 Å². The van der Waals surface area contributed by atoms with Crippen LogP contribution in [0.4, 0.5) is 24.9 Å². The van der Waals surface area contributed by atoms with Crippen molar-refractivity contribution in [2.24, 2.45) is 22.9 Å². The molecular weight excluding hydrogens is 409 g/mol. The first kappa shape index (κ1) is 19.8. The molecule has 162 valence electrons. The lowest BCUT2D eigenvalue weighted by Gasteiger charge is -2.26. The highest BCUT2D eigenvalue weighted by atomic mass is 19.1. The van der Waals surface area contributed by atoms with E-state index in [-0.39, 0.29) is 29.5 Å². The first-order valence-corrected chi connectivity index (χ1v) is 10.2. The summed E-state index contributed by atoms with van der Waals surface area (Å²) < 4.78 is 40.7. The summed E-state index contributed by atoms with van der Waals surface area (Å²) in [5.41, 5.74) is 5.95. The molecule has 0 radical (unpaired) electrons. The molecule has 3 atom stereocenters. The van der Waals surface area contributed by atoms with Crippen LogP contribution >= 0.6 is 0 Å². The summed E-state index contributed by atoms with van der Waals surface area (Å²) in [5.74, 6) is -1.54. The number of aromatic nitrogens is 2. The molecule has 7 nitrogen and oxygen atoms in total. The Hall–Kier alpha value is -3.17. The smallest absolute Gasteiger partial charge is 0.246 e. The third-order valence-electron chi connectivity index (χ3n) is 6.47. The van der Waals surface area contributed by atoms with Crippen molar-refractivity contribution in [2.75, 3.05) is 23.7 Å².